The summed E-state index contributed by atoms with van der Waals surface area (Å²) in [6, 6.07) is 6.42. The number of nitrogens with zero attached hydrogens (tertiary/aromatic N) is 2. The average Bonchev–Trinajstić information content (AvgIpc) is 3.41. The van der Waals surface area contributed by atoms with Crippen LogP contribution in [0, 0.1) is 0 Å². The topological polar surface area (TPSA) is 87.0 Å². The van der Waals surface area contributed by atoms with Crippen molar-refractivity contribution in [3.63, 3.8) is 0 Å². The van der Waals surface area contributed by atoms with Gasteiger partial charge in [0.1, 0.15) is 11.8 Å². The molecule has 4 rings (SSSR count). The van der Waals surface area contributed by atoms with Crippen molar-refractivity contribution in [1.82, 2.24) is 20.4 Å². The summed E-state index contributed by atoms with van der Waals surface area (Å²) in [5, 5.41) is 5.59. The first kappa shape index (κ1) is 21.9. The Bertz CT molecular complexity index is 951. The van der Waals surface area contributed by atoms with Crippen molar-refractivity contribution >= 4 is 34.9 Å². The number of amides is 2. The Balaban J connectivity index is 1.47. The van der Waals surface area contributed by atoms with Gasteiger partial charge in [0.15, 0.2) is 0 Å². The lowest BCUT2D eigenvalue weighted by Crippen LogP contribution is -2.51. The monoisotopic (exact) mass is 464 g/mol. The zero-order chi connectivity index (χ0) is 21.8. The summed E-state index contributed by atoms with van der Waals surface area (Å²) in [7, 11) is 0. The Morgan fingerprint density at radius 2 is 1.97 bits per heavy atom. The van der Waals surface area contributed by atoms with Crippen LogP contribution in [-0.4, -0.2) is 61.1 Å². The molecular weight excluding hydrogens is 440 g/mol. The van der Waals surface area contributed by atoms with Crippen LogP contribution in [0.4, 0.5) is 4.79 Å². The van der Waals surface area contributed by atoms with E-state index in [-0.39, 0.29) is 12.6 Å². The molecular formula is C21H25ClN4O4S. The molecule has 0 radical (unpaired) electrons. The van der Waals surface area contributed by atoms with E-state index in [0.717, 1.165) is 37.1 Å². The molecule has 1 fully saturated rings. The summed E-state index contributed by atoms with van der Waals surface area (Å²) in [5.41, 5.74) is 0.939. The number of urea groups is 1. The smallest absolute Gasteiger partial charge is 0.338 e. The Kier molecular flexibility index (Phi) is 6.96. The number of carbonyl (C=O) groups excluding carboxylic acids is 2. The minimum absolute atomic E-state index is 0.250. The van der Waals surface area contributed by atoms with Crippen molar-refractivity contribution < 1.29 is 18.7 Å². The van der Waals surface area contributed by atoms with Gasteiger partial charge in [-0.3, -0.25) is 9.80 Å². The van der Waals surface area contributed by atoms with E-state index >= 15 is 0 Å². The molecule has 0 spiro atoms. The van der Waals surface area contributed by atoms with E-state index in [9.17, 15) is 9.59 Å². The number of hydrogen-bond acceptors (Lipinski definition) is 7. The first-order chi connectivity index (χ1) is 15.0. The molecule has 4 heterocycles. The van der Waals surface area contributed by atoms with Crippen LogP contribution in [0.1, 0.15) is 23.6 Å². The van der Waals surface area contributed by atoms with Crippen LogP contribution in [0.15, 0.2) is 46.2 Å². The maximum atomic E-state index is 12.8. The van der Waals surface area contributed by atoms with E-state index in [2.05, 4.69) is 26.5 Å². The first-order valence-corrected chi connectivity index (χ1v) is 11.4. The van der Waals surface area contributed by atoms with Gasteiger partial charge in [0, 0.05) is 49.8 Å². The van der Waals surface area contributed by atoms with Crippen LogP contribution in [0.3, 0.4) is 0 Å². The molecule has 2 aliphatic heterocycles. The minimum atomic E-state index is -0.678. The van der Waals surface area contributed by atoms with Crippen molar-refractivity contribution in [3.05, 3.63) is 56.8 Å². The van der Waals surface area contributed by atoms with Gasteiger partial charge in [0.2, 0.25) is 0 Å². The predicted molar refractivity (Wildman–Crippen MR) is 118 cm³/mol. The number of halogens is 1. The van der Waals surface area contributed by atoms with Crippen LogP contribution >= 0.6 is 22.9 Å². The fourth-order valence-electron chi connectivity index (χ4n) is 3.85. The second kappa shape index (κ2) is 9.86. The third-order valence-electron chi connectivity index (χ3n) is 5.33. The second-order valence-electron chi connectivity index (χ2n) is 7.42. The highest BCUT2D eigenvalue weighted by molar-refractivity contribution is 7.16. The van der Waals surface area contributed by atoms with Gasteiger partial charge < -0.3 is 19.8 Å². The zero-order valence-electron chi connectivity index (χ0n) is 17.2. The molecule has 166 valence electrons. The van der Waals surface area contributed by atoms with Gasteiger partial charge >= 0.3 is 12.0 Å². The molecule has 2 amide bonds. The van der Waals surface area contributed by atoms with Gasteiger partial charge in [0.05, 0.1) is 22.8 Å². The molecule has 1 unspecified atom stereocenters. The summed E-state index contributed by atoms with van der Waals surface area (Å²) in [6.45, 7) is 6.78. The van der Waals surface area contributed by atoms with Gasteiger partial charge in [0.25, 0.3) is 0 Å². The Hall–Kier alpha value is -2.33. The maximum absolute atomic E-state index is 12.8. The highest BCUT2D eigenvalue weighted by atomic mass is 35.5. The molecule has 0 aliphatic carbocycles. The van der Waals surface area contributed by atoms with Crippen molar-refractivity contribution in [1.29, 1.82) is 0 Å². The summed E-state index contributed by atoms with van der Waals surface area (Å²) < 4.78 is 11.6. The number of hydrogen-bond donors (Lipinski definition) is 2. The number of thiophene rings is 1. The predicted octanol–water partition coefficient (Wildman–Crippen LogP) is 2.98. The van der Waals surface area contributed by atoms with E-state index in [1.54, 1.807) is 30.4 Å². The molecule has 1 saturated heterocycles. The maximum Gasteiger partial charge on any atom is 0.338 e. The lowest BCUT2D eigenvalue weighted by Gasteiger charge is -2.36. The van der Waals surface area contributed by atoms with E-state index in [1.165, 1.54) is 11.1 Å². The Labute approximate surface area is 189 Å². The molecule has 10 heteroatoms. The summed E-state index contributed by atoms with van der Waals surface area (Å²) in [6.07, 6.45) is 1.52. The molecule has 2 aromatic heterocycles. The van der Waals surface area contributed by atoms with Crippen LogP contribution in [0.5, 0.6) is 0 Å². The van der Waals surface area contributed by atoms with Gasteiger partial charge in [-0.05, 0) is 31.2 Å². The van der Waals surface area contributed by atoms with Gasteiger partial charge in [-0.2, -0.15) is 0 Å². The molecule has 2 N–H and O–H groups in total. The summed E-state index contributed by atoms with van der Waals surface area (Å²) >= 11 is 7.64. The number of furan rings is 1. The van der Waals surface area contributed by atoms with E-state index in [4.69, 9.17) is 20.8 Å². The quantitative estimate of drug-likeness (QED) is 0.612. The van der Waals surface area contributed by atoms with Gasteiger partial charge in [-0.15, -0.1) is 11.3 Å². The third-order valence-corrected chi connectivity index (χ3v) is 6.55. The Morgan fingerprint density at radius 1 is 1.23 bits per heavy atom. The highest BCUT2D eigenvalue weighted by Crippen LogP contribution is 2.29. The van der Waals surface area contributed by atoms with Crippen LogP contribution in [-0.2, 0) is 16.1 Å². The number of ether oxygens (including phenoxy) is 1. The van der Waals surface area contributed by atoms with E-state index < -0.39 is 12.0 Å². The fourth-order valence-corrected chi connectivity index (χ4v) is 4.98. The van der Waals surface area contributed by atoms with Gasteiger partial charge in [-0.1, -0.05) is 11.6 Å². The molecule has 2 aliphatic rings. The normalized spacial score (nSPS) is 20.5. The highest BCUT2D eigenvalue weighted by Gasteiger charge is 2.36. The standard InChI is InChI=1S/C21H25ClN4O4S/c1-2-29-20(27)18-15(23-21(28)24-19(18)16-4-3-11-30-16)13-26-9-7-25(8-10-26)12-14-5-6-17(22)31-14/h3-6,11,19H,2,7-10,12-13H2,1H3,(H2,23,24,28). The van der Waals surface area contributed by atoms with E-state index in [0.29, 0.717) is 23.6 Å². The zero-order valence-corrected chi connectivity index (χ0v) is 18.8. The van der Waals surface area contributed by atoms with Crippen molar-refractivity contribution in [3.8, 4) is 0 Å². The largest absolute Gasteiger partial charge is 0.467 e. The third kappa shape index (κ3) is 5.30. The van der Waals surface area contributed by atoms with E-state index in [1.807, 2.05) is 6.07 Å². The SMILES string of the molecule is CCOC(=O)C1=C(CN2CCN(Cc3ccc(Cl)s3)CC2)NC(=O)NC1c1ccco1. The number of rotatable bonds is 7. The first-order valence-electron chi connectivity index (χ1n) is 10.2. The molecule has 1 atom stereocenters. The van der Waals surface area contributed by atoms with Crippen LogP contribution in [0.2, 0.25) is 4.34 Å². The second-order valence-corrected chi connectivity index (χ2v) is 9.22. The average molecular weight is 465 g/mol. The van der Waals surface area contributed by atoms with Crippen LogP contribution in [0.25, 0.3) is 0 Å². The number of carbonyl (C=O) groups is 2. The molecule has 8 nitrogen and oxygen atoms in total. The lowest BCUT2D eigenvalue weighted by molar-refractivity contribution is -0.139. The van der Waals surface area contributed by atoms with Crippen molar-refractivity contribution in [2.75, 3.05) is 39.3 Å². The van der Waals surface area contributed by atoms with Crippen molar-refractivity contribution in [2.24, 2.45) is 0 Å². The fraction of sp³-hybridized carbons (Fsp3) is 0.429. The summed E-state index contributed by atoms with van der Waals surface area (Å²) in [5.74, 6) is 0.0365. The molecule has 2 aromatic rings. The van der Waals surface area contributed by atoms with Gasteiger partial charge in [-0.25, -0.2) is 9.59 Å². The number of nitrogens with one attached hydrogen (secondary N) is 2. The number of piperazine rings is 1. The summed E-state index contributed by atoms with van der Waals surface area (Å²) in [4.78, 5) is 30.9. The lowest BCUT2D eigenvalue weighted by atomic mass is 9.99. The molecule has 0 bridgehead atoms. The number of esters is 1. The van der Waals surface area contributed by atoms with Crippen LogP contribution < -0.4 is 10.6 Å². The van der Waals surface area contributed by atoms with Crippen molar-refractivity contribution in [2.45, 2.75) is 19.5 Å². The Morgan fingerprint density at radius 3 is 2.58 bits per heavy atom. The molecule has 31 heavy (non-hydrogen) atoms. The molecule has 0 saturated carbocycles. The minimum Gasteiger partial charge on any atom is -0.467 e. The molecule has 0 aromatic carbocycles.